The van der Waals surface area contributed by atoms with Crippen LogP contribution in [0.25, 0.3) is 0 Å². The fourth-order valence-corrected chi connectivity index (χ4v) is 4.01. The third kappa shape index (κ3) is 6.65. The minimum Gasteiger partial charge on any atom is -0.332 e. The van der Waals surface area contributed by atoms with E-state index in [9.17, 15) is 14.0 Å². The third-order valence-electron chi connectivity index (χ3n) is 5.03. The van der Waals surface area contributed by atoms with E-state index in [4.69, 9.17) is 0 Å². The van der Waals surface area contributed by atoms with Crippen LogP contribution >= 0.6 is 11.3 Å². The van der Waals surface area contributed by atoms with Crippen LogP contribution in [0.5, 0.6) is 0 Å². The van der Waals surface area contributed by atoms with Crippen LogP contribution in [0.4, 0.5) is 14.9 Å². The van der Waals surface area contributed by atoms with Crippen LogP contribution in [0.3, 0.4) is 0 Å². The largest absolute Gasteiger partial charge is 0.332 e. The fraction of sp³-hybridized carbons (Fsp3) is 0.280. The summed E-state index contributed by atoms with van der Waals surface area (Å²) in [6, 6.07) is 17.1. The molecule has 1 heterocycles. The monoisotopic (exact) mass is 453 g/mol. The molecule has 0 saturated heterocycles. The van der Waals surface area contributed by atoms with Crippen molar-refractivity contribution in [3.8, 4) is 0 Å². The average molecular weight is 454 g/mol. The fourth-order valence-electron chi connectivity index (χ4n) is 3.29. The van der Waals surface area contributed by atoms with Crippen LogP contribution in [-0.4, -0.2) is 34.3 Å². The van der Waals surface area contributed by atoms with Crippen molar-refractivity contribution in [3.63, 3.8) is 0 Å². The van der Waals surface area contributed by atoms with Gasteiger partial charge >= 0.3 is 6.03 Å². The van der Waals surface area contributed by atoms with Gasteiger partial charge in [0.1, 0.15) is 12.4 Å². The first-order valence-corrected chi connectivity index (χ1v) is 11.4. The van der Waals surface area contributed by atoms with Gasteiger partial charge in [0.2, 0.25) is 5.91 Å². The predicted molar refractivity (Wildman–Crippen MR) is 127 cm³/mol. The summed E-state index contributed by atoms with van der Waals surface area (Å²) in [4.78, 5) is 30.5. The van der Waals surface area contributed by atoms with Crippen molar-refractivity contribution in [1.29, 1.82) is 0 Å². The average Bonchev–Trinajstić information content (AvgIpc) is 3.26. The molecule has 7 heteroatoms. The summed E-state index contributed by atoms with van der Waals surface area (Å²) in [5, 5.41) is 4.85. The maximum absolute atomic E-state index is 13.3. The smallest absolute Gasteiger partial charge is 0.322 e. The lowest BCUT2D eigenvalue weighted by molar-refractivity contribution is -0.133. The van der Waals surface area contributed by atoms with Gasteiger partial charge in [0.05, 0.1) is 6.54 Å². The highest BCUT2D eigenvalue weighted by Gasteiger charge is 2.24. The molecule has 168 valence electrons. The van der Waals surface area contributed by atoms with Crippen molar-refractivity contribution in [2.75, 3.05) is 11.9 Å². The Morgan fingerprint density at radius 3 is 2.41 bits per heavy atom. The molecule has 2 aromatic carbocycles. The van der Waals surface area contributed by atoms with Crippen LogP contribution < -0.4 is 5.32 Å². The Morgan fingerprint density at radius 2 is 1.78 bits per heavy atom. The van der Waals surface area contributed by atoms with E-state index in [0.717, 1.165) is 16.0 Å². The molecule has 1 N–H and O–H groups in total. The zero-order chi connectivity index (χ0) is 23.1. The van der Waals surface area contributed by atoms with Gasteiger partial charge in [-0.2, -0.15) is 0 Å². The van der Waals surface area contributed by atoms with Crippen molar-refractivity contribution in [1.82, 2.24) is 9.80 Å². The van der Waals surface area contributed by atoms with E-state index in [1.807, 2.05) is 62.5 Å². The van der Waals surface area contributed by atoms with Crippen molar-refractivity contribution in [2.24, 2.45) is 0 Å². The van der Waals surface area contributed by atoms with Gasteiger partial charge < -0.3 is 15.1 Å². The van der Waals surface area contributed by atoms with Gasteiger partial charge in [0, 0.05) is 23.2 Å². The van der Waals surface area contributed by atoms with E-state index in [1.54, 1.807) is 28.4 Å². The number of thiophene rings is 1. The molecule has 3 amide bonds. The van der Waals surface area contributed by atoms with Gasteiger partial charge in [-0.05, 0) is 67.6 Å². The summed E-state index contributed by atoms with van der Waals surface area (Å²) in [6.45, 7) is 6.43. The molecule has 0 aliphatic heterocycles. The summed E-state index contributed by atoms with van der Waals surface area (Å²) in [6.07, 6.45) is 0. The maximum Gasteiger partial charge on any atom is 0.322 e. The number of aryl methyl sites for hydroxylation is 1. The minimum atomic E-state index is -0.322. The van der Waals surface area contributed by atoms with Crippen LogP contribution in [0.2, 0.25) is 0 Å². The molecule has 0 aliphatic carbocycles. The molecule has 0 fully saturated rings. The quantitative estimate of drug-likeness (QED) is 0.478. The number of nitrogens with one attached hydrogen (secondary N) is 1. The van der Waals surface area contributed by atoms with Gasteiger partial charge in [0.25, 0.3) is 0 Å². The van der Waals surface area contributed by atoms with Crippen molar-refractivity contribution in [3.05, 3.63) is 87.9 Å². The molecule has 3 aromatic rings. The molecule has 0 spiro atoms. The number of carbonyl (C=O) groups is 2. The van der Waals surface area contributed by atoms with Crippen LogP contribution in [0.15, 0.2) is 66.0 Å². The van der Waals surface area contributed by atoms with Gasteiger partial charge in [-0.15, -0.1) is 11.3 Å². The van der Waals surface area contributed by atoms with E-state index in [-0.39, 0.29) is 30.3 Å². The van der Waals surface area contributed by atoms with E-state index in [0.29, 0.717) is 18.8 Å². The highest BCUT2D eigenvalue weighted by Crippen LogP contribution is 2.17. The lowest BCUT2D eigenvalue weighted by atomic mass is 10.2. The topological polar surface area (TPSA) is 52.7 Å². The van der Waals surface area contributed by atoms with Crippen molar-refractivity contribution < 1.29 is 14.0 Å². The number of rotatable bonds is 8. The molecular formula is C25H28FN3O2S. The molecule has 1 aromatic heterocycles. The molecule has 0 atom stereocenters. The zero-order valence-electron chi connectivity index (χ0n) is 18.5. The van der Waals surface area contributed by atoms with Crippen LogP contribution in [0, 0.1) is 12.7 Å². The van der Waals surface area contributed by atoms with E-state index in [2.05, 4.69) is 5.32 Å². The van der Waals surface area contributed by atoms with Gasteiger partial charge in [-0.1, -0.05) is 30.3 Å². The second-order valence-corrected chi connectivity index (χ2v) is 9.01. The van der Waals surface area contributed by atoms with E-state index < -0.39 is 0 Å². The Balaban J connectivity index is 1.74. The highest BCUT2D eigenvalue weighted by molar-refractivity contribution is 7.09. The lowest BCUT2D eigenvalue weighted by Crippen LogP contribution is -2.47. The Kier molecular flexibility index (Phi) is 8.00. The number of benzene rings is 2. The Labute approximate surface area is 192 Å². The predicted octanol–water partition coefficient (Wildman–Crippen LogP) is 5.67. The summed E-state index contributed by atoms with van der Waals surface area (Å²) in [5.74, 6) is -0.487. The molecule has 5 nitrogen and oxygen atoms in total. The molecule has 32 heavy (non-hydrogen) atoms. The first-order chi connectivity index (χ1) is 15.3. The molecule has 0 unspecified atom stereocenters. The maximum atomic E-state index is 13.3. The van der Waals surface area contributed by atoms with Gasteiger partial charge in [-0.25, -0.2) is 9.18 Å². The molecular weight excluding hydrogens is 425 g/mol. The Morgan fingerprint density at radius 1 is 1.03 bits per heavy atom. The van der Waals surface area contributed by atoms with E-state index >= 15 is 0 Å². The summed E-state index contributed by atoms with van der Waals surface area (Å²) >= 11 is 1.57. The summed E-state index contributed by atoms with van der Waals surface area (Å²) < 4.78 is 13.3. The minimum absolute atomic E-state index is 0.0537. The third-order valence-corrected chi connectivity index (χ3v) is 5.89. The molecule has 0 aliphatic rings. The molecule has 0 saturated carbocycles. The van der Waals surface area contributed by atoms with Crippen LogP contribution in [0.1, 0.15) is 29.9 Å². The molecule has 0 bridgehead atoms. The first kappa shape index (κ1) is 23.5. The number of nitrogens with zero attached hydrogens (tertiary/aromatic N) is 2. The normalized spacial score (nSPS) is 10.8. The first-order valence-electron chi connectivity index (χ1n) is 10.5. The Bertz CT molecular complexity index is 1040. The Hall–Kier alpha value is -3.19. The van der Waals surface area contributed by atoms with Crippen molar-refractivity contribution >= 4 is 29.0 Å². The molecule has 3 rings (SSSR count). The van der Waals surface area contributed by atoms with Gasteiger partial charge in [0.15, 0.2) is 0 Å². The number of carbonyl (C=O) groups excluding carboxylic acids is 2. The second-order valence-electron chi connectivity index (χ2n) is 7.98. The van der Waals surface area contributed by atoms with Crippen LogP contribution in [-0.2, 0) is 17.9 Å². The standard InChI is InChI=1S/C25H28FN3O2S/c1-18(2)29(25(31)27-22-7-4-6-19(3)14-22)17-24(30)28(16-23-8-5-13-32-23)15-20-9-11-21(26)12-10-20/h4-14,18H,15-17H2,1-3H3,(H,27,31). The number of amides is 3. The molecule has 0 radical (unpaired) electrons. The number of halogens is 1. The van der Waals surface area contributed by atoms with Gasteiger partial charge in [-0.3, -0.25) is 4.79 Å². The number of anilines is 1. The van der Waals surface area contributed by atoms with Crippen molar-refractivity contribution in [2.45, 2.75) is 39.9 Å². The summed E-state index contributed by atoms with van der Waals surface area (Å²) in [7, 11) is 0. The highest BCUT2D eigenvalue weighted by atomic mass is 32.1. The number of urea groups is 1. The number of hydrogen-bond acceptors (Lipinski definition) is 3. The van der Waals surface area contributed by atoms with E-state index in [1.165, 1.54) is 17.0 Å². The summed E-state index contributed by atoms with van der Waals surface area (Å²) in [5.41, 5.74) is 2.56. The lowest BCUT2D eigenvalue weighted by Gasteiger charge is -2.30. The second kappa shape index (κ2) is 10.9. The number of hydrogen-bond donors (Lipinski definition) is 1. The SMILES string of the molecule is Cc1cccc(NC(=O)N(CC(=O)N(Cc2ccc(F)cc2)Cc2cccs2)C(C)C)c1. The zero-order valence-corrected chi connectivity index (χ0v) is 19.4.